The third kappa shape index (κ3) is 4.00. The second-order valence-corrected chi connectivity index (χ2v) is 5.24. The van der Waals surface area contributed by atoms with E-state index in [0.717, 1.165) is 13.1 Å². The van der Waals surface area contributed by atoms with Gasteiger partial charge in [-0.2, -0.15) is 0 Å². The molecule has 18 heavy (non-hydrogen) atoms. The Bertz CT molecular complexity index is 344. The molecule has 3 nitrogen and oxygen atoms in total. The lowest BCUT2D eigenvalue weighted by Gasteiger charge is -2.32. The fraction of sp³-hybridized carbons (Fsp3) is 0.600. The van der Waals surface area contributed by atoms with Crippen LogP contribution >= 0.6 is 0 Å². The van der Waals surface area contributed by atoms with Crippen molar-refractivity contribution in [1.29, 1.82) is 0 Å². The molecule has 1 fully saturated rings. The third-order valence-corrected chi connectivity index (χ3v) is 3.72. The van der Waals surface area contributed by atoms with Crippen LogP contribution in [-0.4, -0.2) is 35.7 Å². The zero-order valence-electron chi connectivity index (χ0n) is 11.2. The van der Waals surface area contributed by atoms with Crippen LogP contribution in [0, 0.1) is 0 Å². The summed E-state index contributed by atoms with van der Waals surface area (Å²) in [5.41, 5.74) is 1.22. The molecule has 1 heterocycles. The van der Waals surface area contributed by atoms with Gasteiger partial charge in [0.25, 0.3) is 0 Å². The number of aromatic hydroxyl groups is 1. The minimum absolute atomic E-state index is 0.334. The number of benzene rings is 1. The normalized spacial score (nSPS) is 18.7. The fourth-order valence-electron chi connectivity index (χ4n) is 2.53. The molecule has 100 valence electrons. The molecule has 0 saturated carbocycles. The predicted octanol–water partition coefficient (Wildman–Crippen LogP) is 2.36. The second kappa shape index (κ2) is 6.76. The average molecular weight is 248 g/mol. The molecule has 0 spiro atoms. The molecule has 1 saturated heterocycles. The van der Waals surface area contributed by atoms with E-state index in [1.807, 2.05) is 12.1 Å². The van der Waals surface area contributed by atoms with Gasteiger partial charge in [0.15, 0.2) is 0 Å². The topological polar surface area (TPSA) is 35.5 Å². The number of nitrogens with zero attached hydrogens (tertiary/aromatic N) is 1. The molecule has 1 unspecified atom stereocenters. The maximum Gasteiger partial charge on any atom is 0.115 e. The lowest BCUT2D eigenvalue weighted by atomic mass is 10.1. The van der Waals surface area contributed by atoms with Gasteiger partial charge in [-0.3, -0.25) is 4.90 Å². The van der Waals surface area contributed by atoms with Gasteiger partial charge in [-0.05, 0) is 50.6 Å². The Labute approximate surface area is 110 Å². The van der Waals surface area contributed by atoms with Crippen LogP contribution in [0.15, 0.2) is 24.3 Å². The Balaban J connectivity index is 1.69. The van der Waals surface area contributed by atoms with E-state index in [0.29, 0.717) is 11.8 Å². The molecular weight excluding hydrogens is 224 g/mol. The molecule has 0 radical (unpaired) electrons. The first-order chi connectivity index (χ1) is 8.75. The molecule has 3 heteroatoms. The van der Waals surface area contributed by atoms with Crippen molar-refractivity contribution < 1.29 is 5.11 Å². The molecular formula is C15H24N2O. The summed E-state index contributed by atoms with van der Waals surface area (Å²) in [6.07, 6.45) is 4.09. The maximum absolute atomic E-state index is 9.21. The van der Waals surface area contributed by atoms with Crippen LogP contribution in [0.2, 0.25) is 0 Å². The monoisotopic (exact) mass is 248 g/mol. The highest BCUT2D eigenvalue weighted by molar-refractivity contribution is 5.25. The van der Waals surface area contributed by atoms with Crippen molar-refractivity contribution >= 4 is 0 Å². The molecule has 1 aliphatic heterocycles. The van der Waals surface area contributed by atoms with E-state index in [4.69, 9.17) is 0 Å². The van der Waals surface area contributed by atoms with Gasteiger partial charge >= 0.3 is 0 Å². The van der Waals surface area contributed by atoms with E-state index in [9.17, 15) is 5.11 Å². The van der Waals surface area contributed by atoms with Gasteiger partial charge in [0.05, 0.1) is 0 Å². The van der Waals surface area contributed by atoms with E-state index in [-0.39, 0.29) is 0 Å². The first-order valence-corrected chi connectivity index (χ1v) is 6.98. The Hall–Kier alpha value is -1.06. The second-order valence-electron chi connectivity index (χ2n) is 5.24. The van der Waals surface area contributed by atoms with Crippen molar-refractivity contribution in [1.82, 2.24) is 10.2 Å². The minimum atomic E-state index is 0.334. The molecule has 0 aromatic heterocycles. The Morgan fingerprint density at radius 2 is 1.83 bits per heavy atom. The largest absolute Gasteiger partial charge is 0.508 e. The lowest BCUT2D eigenvalue weighted by molar-refractivity contribution is 0.170. The zero-order valence-corrected chi connectivity index (χ0v) is 11.2. The van der Waals surface area contributed by atoms with Crippen LogP contribution in [0.1, 0.15) is 31.7 Å². The fourth-order valence-corrected chi connectivity index (χ4v) is 2.53. The number of hydrogen-bond donors (Lipinski definition) is 2. The summed E-state index contributed by atoms with van der Waals surface area (Å²) in [5, 5.41) is 12.7. The molecule has 2 N–H and O–H groups in total. The quantitative estimate of drug-likeness (QED) is 0.839. The van der Waals surface area contributed by atoms with Crippen molar-refractivity contribution in [2.24, 2.45) is 0 Å². The van der Waals surface area contributed by atoms with Gasteiger partial charge in [-0.1, -0.05) is 18.6 Å². The van der Waals surface area contributed by atoms with E-state index < -0.39 is 0 Å². The number of phenolic OH excluding ortho intramolecular Hbond substituents is 1. The minimum Gasteiger partial charge on any atom is -0.508 e. The summed E-state index contributed by atoms with van der Waals surface area (Å²) < 4.78 is 0. The van der Waals surface area contributed by atoms with Gasteiger partial charge in [0.1, 0.15) is 5.75 Å². The van der Waals surface area contributed by atoms with Crippen molar-refractivity contribution in [2.45, 2.75) is 38.8 Å². The van der Waals surface area contributed by atoms with Crippen LogP contribution in [0.4, 0.5) is 0 Å². The number of hydrogen-bond acceptors (Lipinski definition) is 3. The zero-order chi connectivity index (χ0) is 12.8. The average Bonchev–Trinajstić information content (AvgIpc) is 2.42. The summed E-state index contributed by atoms with van der Waals surface area (Å²) in [7, 11) is 0. The van der Waals surface area contributed by atoms with E-state index in [1.54, 1.807) is 12.1 Å². The number of rotatable bonds is 5. The van der Waals surface area contributed by atoms with Gasteiger partial charge in [0, 0.05) is 19.1 Å². The molecule has 2 rings (SSSR count). The smallest absolute Gasteiger partial charge is 0.115 e. The first-order valence-electron chi connectivity index (χ1n) is 6.98. The van der Waals surface area contributed by atoms with E-state index in [1.165, 1.54) is 37.9 Å². The van der Waals surface area contributed by atoms with Crippen LogP contribution in [-0.2, 0) is 6.54 Å². The van der Waals surface area contributed by atoms with Crippen molar-refractivity contribution in [3.05, 3.63) is 29.8 Å². The highest BCUT2D eigenvalue weighted by Crippen LogP contribution is 2.12. The van der Waals surface area contributed by atoms with Gasteiger partial charge in [0.2, 0.25) is 0 Å². The number of phenols is 1. The summed E-state index contributed by atoms with van der Waals surface area (Å²) in [6.45, 7) is 6.71. The SMILES string of the molecule is CC(CNCc1ccc(O)cc1)N1CCCCC1. The maximum atomic E-state index is 9.21. The van der Waals surface area contributed by atoms with Gasteiger partial charge in [-0.15, -0.1) is 0 Å². The molecule has 1 aromatic rings. The Kier molecular flexibility index (Phi) is 5.02. The summed E-state index contributed by atoms with van der Waals surface area (Å²) in [6, 6.07) is 8.03. The van der Waals surface area contributed by atoms with Gasteiger partial charge < -0.3 is 10.4 Å². The van der Waals surface area contributed by atoms with Crippen LogP contribution < -0.4 is 5.32 Å². The highest BCUT2D eigenvalue weighted by Gasteiger charge is 2.15. The van der Waals surface area contributed by atoms with Crippen molar-refractivity contribution in [3.63, 3.8) is 0 Å². The van der Waals surface area contributed by atoms with Crippen molar-refractivity contribution in [2.75, 3.05) is 19.6 Å². The Morgan fingerprint density at radius 1 is 1.17 bits per heavy atom. The third-order valence-electron chi connectivity index (χ3n) is 3.72. The summed E-state index contributed by atoms with van der Waals surface area (Å²) in [5.74, 6) is 0.334. The highest BCUT2D eigenvalue weighted by atomic mass is 16.3. The standard InChI is InChI=1S/C15H24N2O/c1-13(17-9-3-2-4-10-17)11-16-12-14-5-7-15(18)8-6-14/h5-8,13,16,18H,2-4,9-12H2,1H3. The Morgan fingerprint density at radius 3 is 2.50 bits per heavy atom. The summed E-state index contributed by atoms with van der Waals surface area (Å²) in [4.78, 5) is 2.58. The van der Waals surface area contributed by atoms with Crippen LogP contribution in [0.25, 0.3) is 0 Å². The van der Waals surface area contributed by atoms with Crippen LogP contribution in [0.5, 0.6) is 5.75 Å². The van der Waals surface area contributed by atoms with E-state index in [2.05, 4.69) is 17.1 Å². The molecule has 1 aliphatic rings. The predicted molar refractivity (Wildman–Crippen MR) is 74.7 cm³/mol. The molecule has 0 aliphatic carbocycles. The lowest BCUT2D eigenvalue weighted by Crippen LogP contribution is -2.42. The molecule has 0 bridgehead atoms. The van der Waals surface area contributed by atoms with Crippen LogP contribution in [0.3, 0.4) is 0 Å². The number of nitrogens with one attached hydrogen (secondary N) is 1. The van der Waals surface area contributed by atoms with Crippen molar-refractivity contribution in [3.8, 4) is 5.75 Å². The number of piperidine rings is 1. The molecule has 1 atom stereocenters. The van der Waals surface area contributed by atoms with E-state index >= 15 is 0 Å². The molecule has 0 amide bonds. The first kappa shape index (κ1) is 13.4. The van der Waals surface area contributed by atoms with Gasteiger partial charge in [-0.25, -0.2) is 0 Å². The summed E-state index contributed by atoms with van der Waals surface area (Å²) >= 11 is 0. The molecule has 1 aromatic carbocycles. The number of likely N-dealkylation sites (tertiary alicyclic amines) is 1.